The average Bonchev–Trinajstić information content (AvgIpc) is 1.86. The highest BCUT2D eigenvalue weighted by Crippen LogP contribution is 2.30. The number of rotatable bonds is 2. The Morgan fingerprint density at radius 3 is 1.90 bits per heavy atom. The summed E-state index contributed by atoms with van der Waals surface area (Å²) in [7, 11) is 0. The van der Waals surface area contributed by atoms with E-state index in [1.54, 1.807) is 0 Å². The van der Waals surface area contributed by atoms with Gasteiger partial charge < -0.3 is 0 Å². The highest BCUT2D eigenvalue weighted by molar-refractivity contribution is 4.91. The van der Waals surface area contributed by atoms with Crippen molar-refractivity contribution in [2.45, 2.75) is 19.3 Å². The van der Waals surface area contributed by atoms with Crippen LogP contribution < -0.4 is 0 Å². The lowest BCUT2D eigenvalue weighted by Crippen LogP contribution is -2.33. The molecule has 0 heterocycles. The van der Waals surface area contributed by atoms with Gasteiger partial charge in [0.1, 0.15) is 5.92 Å². The van der Waals surface area contributed by atoms with Gasteiger partial charge in [0, 0.05) is 0 Å². The molecule has 0 aliphatic rings. The van der Waals surface area contributed by atoms with E-state index in [0.29, 0.717) is 0 Å². The van der Waals surface area contributed by atoms with Gasteiger partial charge in [-0.2, -0.15) is 14.0 Å². The summed E-state index contributed by atoms with van der Waals surface area (Å²) in [5, 5.41) is 7.86. The van der Waals surface area contributed by atoms with Gasteiger partial charge in [0.25, 0.3) is 0 Å². The molecule has 1 unspecified atom stereocenters. The van der Waals surface area contributed by atoms with Crippen LogP contribution in [0.1, 0.15) is 6.92 Å². The summed E-state index contributed by atoms with van der Waals surface area (Å²) in [6, 6.07) is 1.06. The van der Waals surface area contributed by atoms with Crippen LogP contribution in [0.2, 0.25) is 0 Å². The lowest BCUT2D eigenvalue weighted by molar-refractivity contribution is -0.148. The molecule has 0 N–H and O–H groups in total. The van der Waals surface area contributed by atoms with E-state index in [4.69, 9.17) is 5.26 Å². The first-order valence-corrected chi connectivity index (χ1v) is 2.48. The molecule has 0 bridgehead atoms. The summed E-state index contributed by atoms with van der Waals surface area (Å²) < 4.78 is 46.6. The Balaban J connectivity index is 4.27. The van der Waals surface area contributed by atoms with Crippen molar-refractivity contribution in [1.29, 1.82) is 5.26 Å². The SMILES string of the molecule is CC(C#N)C(F)(F)C(F)F. The first-order chi connectivity index (χ1) is 4.42. The monoisotopic (exact) mass is 155 g/mol. The van der Waals surface area contributed by atoms with E-state index in [9.17, 15) is 17.6 Å². The Labute approximate surface area is 55.3 Å². The van der Waals surface area contributed by atoms with E-state index >= 15 is 0 Å². The minimum Gasteiger partial charge on any atom is -0.204 e. The molecule has 0 amide bonds. The molecule has 0 aromatic heterocycles. The summed E-state index contributed by atoms with van der Waals surface area (Å²) in [4.78, 5) is 0. The van der Waals surface area contributed by atoms with Crippen LogP contribution >= 0.6 is 0 Å². The van der Waals surface area contributed by atoms with Crippen LogP contribution in [-0.2, 0) is 0 Å². The number of hydrogen-bond donors (Lipinski definition) is 0. The van der Waals surface area contributed by atoms with Crippen LogP contribution in [0, 0.1) is 17.2 Å². The zero-order chi connectivity index (χ0) is 8.36. The second-order valence-electron chi connectivity index (χ2n) is 1.83. The standard InChI is InChI=1S/C5H5F4N/c1-3(2-10)5(8,9)4(6)7/h3-4H,1H3. The van der Waals surface area contributed by atoms with Crippen molar-refractivity contribution >= 4 is 0 Å². The van der Waals surface area contributed by atoms with Crippen molar-refractivity contribution < 1.29 is 17.6 Å². The quantitative estimate of drug-likeness (QED) is 0.560. The molecule has 0 aliphatic heterocycles. The molecule has 0 aromatic rings. The van der Waals surface area contributed by atoms with Gasteiger partial charge in [-0.1, -0.05) is 0 Å². The fourth-order valence-electron chi connectivity index (χ4n) is 0.275. The lowest BCUT2D eigenvalue weighted by Gasteiger charge is -2.16. The molecule has 1 nitrogen and oxygen atoms in total. The third-order valence-electron chi connectivity index (χ3n) is 1.06. The molecule has 1 atom stereocenters. The van der Waals surface area contributed by atoms with Gasteiger partial charge >= 0.3 is 12.3 Å². The smallest absolute Gasteiger partial charge is 0.204 e. The molecule has 5 heteroatoms. The predicted octanol–water partition coefficient (Wildman–Crippen LogP) is 2.05. The Morgan fingerprint density at radius 2 is 1.80 bits per heavy atom. The molecule has 10 heavy (non-hydrogen) atoms. The van der Waals surface area contributed by atoms with Crippen LogP contribution in [0.4, 0.5) is 17.6 Å². The Kier molecular flexibility index (Phi) is 2.64. The topological polar surface area (TPSA) is 23.8 Å². The summed E-state index contributed by atoms with van der Waals surface area (Å²) in [5.74, 6) is -6.12. The molecule has 0 aromatic carbocycles. The Hall–Kier alpha value is -0.790. The highest BCUT2D eigenvalue weighted by atomic mass is 19.3. The Bertz CT molecular complexity index is 148. The Morgan fingerprint density at radius 1 is 1.40 bits per heavy atom. The molecular formula is C5H5F4N. The van der Waals surface area contributed by atoms with Gasteiger partial charge in [0.15, 0.2) is 0 Å². The van der Waals surface area contributed by atoms with Crippen molar-refractivity contribution in [3.8, 4) is 6.07 Å². The van der Waals surface area contributed by atoms with Crippen molar-refractivity contribution in [3.05, 3.63) is 0 Å². The minimum absolute atomic E-state index is 0.756. The van der Waals surface area contributed by atoms with E-state index < -0.39 is 18.3 Å². The molecule has 0 radical (unpaired) electrons. The van der Waals surface area contributed by atoms with Gasteiger partial charge in [-0.3, -0.25) is 0 Å². The molecule has 0 fully saturated rings. The lowest BCUT2D eigenvalue weighted by atomic mass is 10.1. The fraction of sp³-hybridized carbons (Fsp3) is 0.800. The minimum atomic E-state index is -4.19. The van der Waals surface area contributed by atoms with Crippen molar-refractivity contribution in [3.63, 3.8) is 0 Å². The maximum Gasteiger partial charge on any atom is 0.322 e. The number of alkyl halides is 4. The van der Waals surface area contributed by atoms with Crippen LogP contribution in [0.5, 0.6) is 0 Å². The maximum absolute atomic E-state index is 12.0. The first-order valence-electron chi connectivity index (χ1n) is 2.48. The molecular weight excluding hydrogens is 150 g/mol. The highest BCUT2D eigenvalue weighted by Gasteiger charge is 2.46. The van der Waals surface area contributed by atoms with Crippen molar-refractivity contribution in [2.75, 3.05) is 0 Å². The number of halogens is 4. The molecule has 0 aliphatic carbocycles. The number of hydrogen-bond acceptors (Lipinski definition) is 1. The fourth-order valence-corrected chi connectivity index (χ4v) is 0.275. The van der Waals surface area contributed by atoms with E-state index in [-0.39, 0.29) is 0 Å². The number of nitrogens with zero attached hydrogens (tertiary/aromatic N) is 1. The van der Waals surface area contributed by atoms with Gasteiger partial charge in [0.05, 0.1) is 6.07 Å². The van der Waals surface area contributed by atoms with E-state index in [0.717, 1.165) is 13.0 Å². The third kappa shape index (κ3) is 1.59. The normalized spacial score (nSPS) is 14.9. The van der Waals surface area contributed by atoms with Crippen LogP contribution in [-0.4, -0.2) is 12.3 Å². The summed E-state index contributed by atoms with van der Waals surface area (Å²) in [6.07, 6.45) is -3.76. The largest absolute Gasteiger partial charge is 0.322 e. The second kappa shape index (κ2) is 2.86. The van der Waals surface area contributed by atoms with E-state index in [1.807, 2.05) is 0 Å². The molecule has 0 spiro atoms. The maximum atomic E-state index is 12.0. The van der Waals surface area contributed by atoms with E-state index in [1.165, 1.54) is 0 Å². The van der Waals surface area contributed by atoms with Crippen LogP contribution in [0.25, 0.3) is 0 Å². The molecule has 0 rings (SSSR count). The van der Waals surface area contributed by atoms with Gasteiger partial charge in [-0.05, 0) is 6.92 Å². The average molecular weight is 155 g/mol. The summed E-state index contributed by atoms with van der Waals surface area (Å²) in [6.45, 7) is 0.756. The van der Waals surface area contributed by atoms with Crippen LogP contribution in [0.15, 0.2) is 0 Å². The molecule has 0 saturated carbocycles. The van der Waals surface area contributed by atoms with E-state index in [2.05, 4.69) is 0 Å². The third-order valence-corrected chi connectivity index (χ3v) is 1.06. The summed E-state index contributed by atoms with van der Waals surface area (Å²) >= 11 is 0. The van der Waals surface area contributed by atoms with Gasteiger partial charge in [-0.15, -0.1) is 0 Å². The second-order valence-corrected chi connectivity index (χ2v) is 1.83. The van der Waals surface area contributed by atoms with Crippen molar-refractivity contribution in [1.82, 2.24) is 0 Å². The van der Waals surface area contributed by atoms with Gasteiger partial charge in [0.2, 0.25) is 0 Å². The summed E-state index contributed by atoms with van der Waals surface area (Å²) in [5.41, 5.74) is 0. The zero-order valence-corrected chi connectivity index (χ0v) is 5.11. The van der Waals surface area contributed by atoms with Crippen molar-refractivity contribution in [2.24, 2.45) is 5.92 Å². The molecule has 0 saturated heterocycles. The first kappa shape index (κ1) is 9.21. The molecule has 58 valence electrons. The zero-order valence-electron chi connectivity index (χ0n) is 5.11. The predicted molar refractivity (Wildman–Crippen MR) is 25.7 cm³/mol. The number of nitriles is 1. The van der Waals surface area contributed by atoms with Crippen LogP contribution in [0.3, 0.4) is 0 Å². The van der Waals surface area contributed by atoms with Gasteiger partial charge in [-0.25, -0.2) is 8.78 Å².